The lowest BCUT2D eigenvalue weighted by Crippen LogP contribution is -1.92. The smallest absolute Gasteiger partial charge is 0.258 e. The van der Waals surface area contributed by atoms with Gasteiger partial charge in [-0.05, 0) is 43.0 Å². The maximum atomic E-state index is 10.8. The minimum Gasteiger partial charge on any atom is -0.258 e. The van der Waals surface area contributed by atoms with Crippen LogP contribution in [-0.4, -0.2) is 4.92 Å². The highest BCUT2D eigenvalue weighted by atomic mass is 16.6. The van der Waals surface area contributed by atoms with Crippen LogP contribution in [0.1, 0.15) is 16.7 Å². The van der Waals surface area contributed by atoms with Gasteiger partial charge in [0.1, 0.15) is 0 Å². The Balaban J connectivity index is 2.62. The first-order valence-electron chi connectivity index (χ1n) is 5.81. The largest absolute Gasteiger partial charge is 0.270 e. The standard InChI is InChI=1S/C15H15NO2/c1-10-7-11(2)15(12(3)8-10)13-5-4-6-14(9-13)16(17)18/h4-9H,1-3H3. The van der Waals surface area contributed by atoms with Crippen LogP contribution in [0, 0.1) is 30.9 Å². The molecular formula is C15H15NO2. The Bertz CT molecular complexity index is 595. The van der Waals surface area contributed by atoms with Gasteiger partial charge in [0.05, 0.1) is 4.92 Å². The number of benzene rings is 2. The molecule has 2 rings (SSSR count). The number of non-ortho nitro benzene ring substituents is 1. The van der Waals surface area contributed by atoms with E-state index in [4.69, 9.17) is 0 Å². The maximum Gasteiger partial charge on any atom is 0.270 e. The molecule has 0 saturated carbocycles. The van der Waals surface area contributed by atoms with E-state index in [2.05, 4.69) is 19.1 Å². The van der Waals surface area contributed by atoms with Gasteiger partial charge in [-0.1, -0.05) is 29.8 Å². The van der Waals surface area contributed by atoms with E-state index in [1.807, 2.05) is 19.9 Å². The fourth-order valence-electron chi connectivity index (χ4n) is 2.41. The lowest BCUT2D eigenvalue weighted by atomic mass is 9.94. The Labute approximate surface area is 106 Å². The molecule has 0 heterocycles. The van der Waals surface area contributed by atoms with Crippen molar-refractivity contribution in [3.05, 3.63) is 63.2 Å². The molecule has 0 amide bonds. The van der Waals surface area contributed by atoms with Crippen LogP contribution in [0.5, 0.6) is 0 Å². The van der Waals surface area contributed by atoms with Crippen LogP contribution >= 0.6 is 0 Å². The molecule has 0 bridgehead atoms. The van der Waals surface area contributed by atoms with Gasteiger partial charge in [-0.15, -0.1) is 0 Å². The number of nitro groups is 1. The summed E-state index contributed by atoms with van der Waals surface area (Å²) in [4.78, 5) is 10.5. The van der Waals surface area contributed by atoms with Crippen LogP contribution in [0.4, 0.5) is 5.69 Å². The first kappa shape index (κ1) is 12.3. The van der Waals surface area contributed by atoms with Gasteiger partial charge in [-0.2, -0.15) is 0 Å². The molecule has 0 aliphatic rings. The molecule has 0 N–H and O–H groups in total. The predicted molar refractivity (Wildman–Crippen MR) is 72.7 cm³/mol. The summed E-state index contributed by atoms with van der Waals surface area (Å²) in [6.07, 6.45) is 0. The number of nitro benzene ring substituents is 1. The van der Waals surface area contributed by atoms with Gasteiger partial charge in [0.2, 0.25) is 0 Å². The van der Waals surface area contributed by atoms with Crippen molar-refractivity contribution < 1.29 is 4.92 Å². The maximum absolute atomic E-state index is 10.8. The first-order valence-corrected chi connectivity index (χ1v) is 5.81. The lowest BCUT2D eigenvalue weighted by Gasteiger charge is -2.11. The van der Waals surface area contributed by atoms with Gasteiger partial charge in [-0.25, -0.2) is 0 Å². The summed E-state index contributed by atoms with van der Waals surface area (Å²) in [6.45, 7) is 6.12. The Morgan fingerprint density at radius 3 is 2.17 bits per heavy atom. The third kappa shape index (κ3) is 2.25. The van der Waals surface area contributed by atoms with Crippen LogP contribution in [0.25, 0.3) is 11.1 Å². The molecule has 0 spiro atoms. The second-order valence-electron chi connectivity index (χ2n) is 4.58. The van der Waals surface area contributed by atoms with Gasteiger partial charge in [0.15, 0.2) is 0 Å². The van der Waals surface area contributed by atoms with E-state index in [-0.39, 0.29) is 10.6 Å². The Morgan fingerprint density at radius 1 is 1.00 bits per heavy atom. The second-order valence-corrected chi connectivity index (χ2v) is 4.58. The van der Waals surface area contributed by atoms with E-state index in [1.165, 1.54) is 11.6 Å². The van der Waals surface area contributed by atoms with E-state index in [1.54, 1.807) is 12.1 Å². The zero-order valence-electron chi connectivity index (χ0n) is 10.7. The third-order valence-electron chi connectivity index (χ3n) is 3.02. The molecule has 0 fully saturated rings. The molecule has 0 unspecified atom stereocenters. The number of aryl methyl sites for hydroxylation is 3. The normalized spacial score (nSPS) is 10.4. The van der Waals surface area contributed by atoms with Crippen molar-refractivity contribution in [1.29, 1.82) is 0 Å². The summed E-state index contributed by atoms with van der Waals surface area (Å²) in [6, 6.07) is 11.0. The van der Waals surface area contributed by atoms with Crippen molar-refractivity contribution in [3.63, 3.8) is 0 Å². The van der Waals surface area contributed by atoms with Gasteiger partial charge >= 0.3 is 0 Å². The van der Waals surface area contributed by atoms with Gasteiger partial charge in [-0.3, -0.25) is 10.1 Å². The predicted octanol–water partition coefficient (Wildman–Crippen LogP) is 4.19. The molecule has 0 atom stereocenters. The third-order valence-corrected chi connectivity index (χ3v) is 3.02. The molecule has 0 aliphatic heterocycles. The van der Waals surface area contributed by atoms with Crippen LogP contribution in [-0.2, 0) is 0 Å². The number of hydrogen-bond donors (Lipinski definition) is 0. The molecule has 2 aromatic rings. The van der Waals surface area contributed by atoms with Crippen molar-refractivity contribution in [1.82, 2.24) is 0 Å². The SMILES string of the molecule is Cc1cc(C)c(-c2cccc([N+](=O)[O-])c2)c(C)c1. The summed E-state index contributed by atoms with van der Waals surface area (Å²) in [5.41, 5.74) is 5.62. The van der Waals surface area contributed by atoms with E-state index in [9.17, 15) is 10.1 Å². The number of hydrogen-bond acceptors (Lipinski definition) is 2. The summed E-state index contributed by atoms with van der Waals surface area (Å²) in [5, 5.41) is 10.8. The summed E-state index contributed by atoms with van der Waals surface area (Å²) in [5.74, 6) is 0. The molecule has 3 nitrogen and oxygen atoms in total. The second kappa shape index (κ2) is 4.61. The molecule has 0 saturated heterocycles. The highest BCUT2D eigenvalue weighted by molar-refractivity contribution is 5.73. The number of nitrogens with zero attached hydrogens (tertiary/aromatic N) is 1. The minimum absolute atomic E-state index is 0.131. The summed E-state index contributed by atoms with van der Waals surface area (Å²) in [7, 11) is 0. The first-order chi connectivity index (χ1) is 8.49. The zero-order valence-corrected chi connectivity index (χ0v) is 10.7. The Morgan fingerprint density at radius 2 is 1.61 bits per heavy atom. The van der Waals surface area contributed by atoms with Crippen LogP contribution in [0.3, 0.4) is 0 Å². The Kier molecular flexibility index (Phi) is 3.15. The Hall–Kier alpha value is -2.16. The molecule has 0 aliphatic carbocycles. The molecule has 2 aromatic carbocycles. The van der Waals surface area contributed by atoms with Crippen molar-refractivity contribution in [2.24, 2.45) is 0 Å². The van der Waals surface area contributed by atoms with Crippen molar-refractivity contribution in [3.8, 4) is 11.1 Å². The lowest BCUT2D eigenvalue weighted by molar-refractivity contribution is -0.384. The molecule has 0 aromatic heterocycles. The van der Waals surface area contributed by atoms with Crippen LogP contribution in [0.15, 0.2) is 36.4 Å². The van der Waals surface area contributed by atoms with Crippen molar-refractivity contribution in [2.75, 3.05) is 0 Å². The number of rotatable bonds is 2. The summed E-state index contributed by atoms with van der Waals surface area (Å²) >= 11 is 0. The quantitative estimate of drug-likeness (QED) is 0.584. The van der Waals surface area contributed by atoms with E-state index < -0.39 is 0 Å². The minimum atomic E-state index is -0.359. The van der Waals surface area contributed by atoms with Gasteiger partial charge < -0.3 is 0 Å². The molecular weight excluding hydrogens is 226 g/mol. The van der Waals surface area contributed by atoms with E-state index in [0.717, 1.165) is 22.3 Å². The summed E-state index contributed by atoms with van der Waals surface area (Å²) < 4.78 is 0. The van der Waals surface area contributed by atoms with Crippen LogP contribution in [0.2, 0.25) is 0 Å². The van der Waals surface area contributed by atoms with Crippen molar-refractivity contribution >= 4 is 5.69 Å². The average molecular weight is 241 g/mol. The van der Waals surface area contributed by atoms with E-state index in [0.29, 0.717) is 0 Å². The van der Waals surface area contributed by atoms with Crippen LogP contribution < -0.4 is 0 Å². The fraction of sp³-hybridized carbons (Fsp3) is 0.200. The van der Waals surface area contributed by atoms with Crippen molar-refractivity contribution in [2.45, 2.75) is 20.8 Å². The molecule has 3 heteroatoms. The highest BCUT2D eigenvalue weighted by Crippen LogP contribution is 2.30. The average Bonchev–Trinajstić information content (AvgIpc) is 2.28. The van der Waals surface area contributed by atoms with E-state index >= 15 is 0 Å². The zero-order chi connectivity index (χ0) is 13.3. The monoisotopic (exact) mass is 241 g/mol. The highest BCUT2D eigenvalue weighted by Gasteiger charge is 2.11. The molecule has 0 radical (unpaired) electrons. The molecule has 92 valence electrons. The fourth-order valence-corrected chi connectivity index (χ4v) is 2.41. The topological polar surface area (TPSA) is 43.1 Å². The van der Waals surface area contributed by atoms with Gasteiger partial charge in [0, 0.05) is 12.1 Å². The van der Waals surface area contributed by atoms with Gasteiger partial charge in [0.25, 0.3) is 5.69 Å². The molecule has 18 heavy (non-hydrogen) atoms.